The van der Waals surface area contributed by atoms with Gasteiger partial charge < -0.3 is 15.2 Å². The number of hydrogen-bond acceptors (Lipinski definition) is 3. The highest BCUT2D eigenvalue weighted by molar-refractivity contribution is 5.44. The second-order valence-corrected chi connectivity index (χ2v) is 6.84. The third-order valence-electron chi connectivity index (χ3n) is 5.05. The Labute approximate surface area is 151 Å². The average Bonchev–Trinajstić information content (AvgIpc) is 2.68. The molecule has 1 aliphatic rings. The second-order valence-electron chi connectivity index (χ2n) is 6.84. The van der Waals surface area contributed by atoms with Crippen LogP contribution in [0, 0.1) is 5.92 Å². The van der Waals surface area contributed by atoms with Crippen LogP contribution in [0.3, 0.4) is 0 Å². The maximum Gasteiger partial charge on any atom is 0.161 e. The summed E-state index contributed by atoms with van der Waals surface area (Å²) >= 11 is 0. The molecule has 1 saturated carbocycles. The topological polar surface area (TPSA) is 44.5 Å². The predicted octanol–water partition coefficient (Wildman–Crippen LogP) is 5.24. The Morgan fingerprint density at radius 3 is 2.44 bits per heavy atom. The standard InChI is InChI=1S/C22H29NO2/c1-2-24-21-15-19(22(23)18-11-7-4-8-12-18)13-14-20(21)25-16-17-9-5-3-6-10-17/h3,5-6,9-10,13-15,18,22H,2,4,7-8,11-12,16,23H2,1H3/t22-/m0/s1. The summed E-state index contributed by atoms with van der Waals surface area (Å²) in [7, 11) is 0. The zero-order valence-corrected chi connectivity index (χ0v) is 15.1. The highest BCUT2D eigenvalue weighted by Gasteiger charge is 2.23. The number of nitrogens with two attached hydrogens (primary N) is 1. The molecule has 2 N–H and O–H groups in total. The third kappa shape index (κ3) is 4.76. The van der Waals surface area contributed by atoms with Gasteiger partial charge in [0.05, 0.1) is 6.61 Å². The van der Waals surface area contributed by atoms with Gasteiger partial charge in [-0.15, -0.1) is 0 Å². The molecule has 3 rings (SSSR count). The van der Waals surface area contributed by atoms with Crippen molar-refractivity contribution in [2.75, 3.05) is 6.61 Å². The first-order chi connectivity index (χ1) is 12.3. The average molecular weight is 339 g/mol. The van der Waals surface area contributed by atoms with Gasteiger partial charge >= 0.3 is 0 Å². The van der Waals surface area contributed by atoms with Gasteiger partial charge in [-0.05, 0) is 48.9 Å². The zero-order chi connectivity index (χ0) is 17.5. The molecule has 0 radical (unpaired) electrons. The Kier molecular flexibility index (Phi) is 6.35. The first-order valence-corrected chi connectivity index (χ1v) is 9.47. The molecule has 0 unspecified atom stereocenters. The van der Waals surface area contributed by atoms with Crippen LogP contribution in [0.5, 0.6) is 11.5 Å². The van der Waals surface area contributed by atoms with Gasteiger partial charge in [-0.3, -0.25) is 0 Å². The molecule has 2 aromatic rings. The van der Waals surface area contributed by atoms with E-state index in [2.05, 4.69) is 24.3 Å². The highest BCUT2D eigenvalue weighted by Crippen LogP contribution is 2.36. The number of benzene rings is 2. The first kappa shape index (κ1) is 17.8. The molecule has 25 heavy (non-hydrogen) atoms. The Morgan fingerprint density at radius 1 is 0.960 bits per heavy atom. The minimum atomic E-state index is 0.0858. The van der Waals surface area contributed by atoms with Gasteiger partial charge in [0.25, 0.3) is 0 Å². The predicted molar refractivity (Wildman–Crippen MR) is 102 cm³/mol. The second kappa shape index (κ2) is 8.91. The molecule has 3 heteroatoms. The largest absolute Gasteiger partial charge is 0.490 e. The summed E-state index contributed by atoms with van der Waals surface area (Å²) in [4.78, 5) is 0. The molecule has 0 heterocycles. The van der Waals surface area contributed by atoms with Crippen LogP contribution >= 0.6 is 0 Å². The monoisotopic (exact) mass is 339 g/mol. The third-order valence-corrected chi connectivity index (χ3v) is 5.05. The molecule has 0 saturated heterocycles. The van der Waals surface area contributed by atoms with Crippen LogP contribution in [0.2, 0.25) is 0 Å². The maximum absolute atomic E-state index is 6.55. The van der Waals surface area contributed by atoms with Crippen LogP contribution in [0.4, 0.5) is 0 Å². The first-order valence-electron chi connectivity index (χ1n) is 9.47. The number of ether oxygens (including phenoxy) is 2. The summed E-state index contributed by atoms with van der Waals surface area (Å²) in [6.45, 7) is 3.15. The van der Waals surface area contributed by atoms with E-state index in [4.69, 9.17) is 15.2 Å². The number of rotatable bonds is 7. The lowest BCUT2D eigenvalue weighted by molar-refractivity contribution is 0.267. The van der Waals surface area contributed by atoms with E-state index in [1.807, 2.05) is 31.2 Å². The van der Waals surface area contributed by atoms with Crippen molar-refractivity contribution in [3.8, 4) is 11.5 Å². The van der Waals surface area contributed by atoms with Gasteiger partial charge in [0, 0.05) is 6.04 Å². The lowest BCUT2D eigenvalue weighted by atomic mass is 9.81. The van der Waals surface area contributed by atoms with Gasteiger partial charge in [-0.25, -0.2) is 0 Å². The quantitative estimate of drug-likeness (QED) is 0.750. The Hall–Kier alpha value is -2.00. The van der Waals surface area contributed by atoms with Crippen molar-refractivity contribution in [1.82, 2.24) is 0 Å². The molecular weight excluding hydrogens is 310 g/mol. The van der Waals surface area contributed by atoms with Crippen molar-refractivity contribution in [3.63, 3.8) is 0 Å². The van der Waals surface area contributed by atoms with Gasteiger partial charge in [0.2, 0.25) is 0 Å². The van der Waals surface area contributed by atoms with E-state index in [0.717, 1.165) is 22.6 Å². The van der Waals surface area contributed by atoms with Crippen LogP contribution in [0.15, 0.2) is 48.5 Å². The number of hydrogen-bond donors (Lipinski definition) is 1. The van der Waals surface area contributed by atoms with Crippen molar-refractivity contribution in [2.45, 2.75) is 51.7 Å². The van der Waals surface area contributed by atoms with Crippen molar-refractivity contribution >= 4 is 0 Å². The maximum atomic E-state index is 6.55. The normalized spacial score (nSPS) is 16.4. The molecule has 3 nitrogen and oxygen atoms in total. The minimum Gasteiger partial charge on any atom is -0.490 e. The van der Waals surface area contributed by atoms with E-state index in [0.29, 0.717) is 19.1 Å². The Morgan fingerprint density at radius 2 is 1.72 bits per heavy atom. The molecule has 0 aromatic heterocycles. The molecule has 0 bridgehead atoms. The Balaban J connectivity index is 1.72. The molecule has 2 aromatic carbocycles. The summed E-state index contributed by atoms with van der Waals surface area (Å²) in [5.74, 6) is 2.16. The van der Waals surface area contributed by atoms with Crippen molar-refractivity contribution in [1.29, 1.82) is 0 Å². The van der Waals surface area contributed by atoms with Crippen molar-refractivity contribution < 1.29 is 9.47 Å². The Bertz CT molecular complexity index is 650. The fourth-order valence-electron chi connectivity index (χ4n) is 3.62. The summed E-state index contributed by atoms with van der Waals surface area (Å²) in [5.41, 5.74) is 8.85. The summed E-state index contributed by atoms with van der Waals surface area (Å²) in [5, 5.41) is 0. The van der Waals surface area contributed by atoms with Gasteiger partial charge in [0.1, 0.15) is 6.61 Å². The van der Waals surface area contributed by atoms with Crippen molar-refractivity contribution in [2.24, 2.45) is 11.7 Å². The van der Waals surface area contributed by atoms with Crippen LogP contribution < -0.4 is 15.2 Å². The molecule has 0 amide bonds. The van der Waals surface area contributed by atoms with Crippen LogP contribution in [0.1, 0.15) is 56.2 Å². The highest BCUT2D eigenvalue weighted by atomic mass is 16.5. The van der Waals surface area contributed by atoms with Gasteiger partial charge in [-0.2, -0.15) is 0 Å². The lowest BCUT2D eigenvalue weighted by Crippen LogP contribution is -2.23. The summed E-state index contributed by atoms with van der Waals surface area (Å²) in [6, 6.07) is 16.4. The lowest BCUT2D eigenvalue weighted by Gasteiger charge is -2.28. The molecule has 134 valence electrons. The minimum absolute atomic E-state index is 0.0858. The van der Waals surface area contributed by atoms with E-state index in [9.17, 15) is 0 Å². The van der Waals surface area contributed by atoms with E-state index >= 15 is 0 Å². The molecule has 0 aliphatic heterocycles. The fourth-order valence-corrected chi connectivity index (χ4v) is 3.62. The smallest absolute Gasteiger partial charge is 0.161 e. The van der Waals surface area contributed by atoms with E-state index in [1.54, 1.807) is 0 Å². The molecule has 0 spiro atoms. The summed E-state index contributed by atoms with van der Waals surface area (Å²) < 4.78 is 11.8. The van der Waals surface area contributed by atoms with Crippen LogP contribution in [-0.4, -0.2) is 6.61 Å². The SMILES string of the molecule is CCOc1cc([C@@H](N)C2CCCCC2)ccc1OCc1ccccc1. The molecule has 1 atom stereocenters. The van der Waals surface area contributed by atoms with Crippen LogP contribution in [-0.2, 0) is 6.61 Å². The van der Waals surface area contributed by atoms with Crippen molar-refractivity contribution in [3.05, 3.63) is 59.7 Å². The summed E-state index contributed by atoms with van der Waals surface area (Å²) in [6.07, 6.45) is 6.42. The van der Waals surface area contributed by atoms with Gasteiger partial charge in [-0.1, -0.05) is 55.7 Å². The molecular formula is C22H29NO2. The van der Waals surface area contributed by atoms with E-state index < -0.39 is 0 Å². The van der Waals surface area contributed by atoms with E-state index in [-0.39, 0.29) is 6.04 Å². The molecule has 1 aliphatic carbocycles. The zero-order valence-electron chi connectivity index (χ0n) is 15.1. The van der Waals surface area contributed by atoms with Crippen LogP contribution in [0.25, 0.3) is 0 Å². The van der Waals surface area contributed by atoms with Gasteiger partial charge in [0.15, 0.2) is 11.5 Å². The van der Waals surface area contributed by atoms with E-state index in [1.165, 1.54) is 32.1 Å². The fraction of sp³-hybridized carbons (Fsp3) is 0.455. The molecule has 1 fully saturated rings.